The zero-order valence-electron chi connectivity index (χ0n) is 12.5. The van der Waals surface area contributed by atoms with Crippen LogP contribution in [0.4, 0.5) is 0 Å². The fraction of sp³-hybridized carbons (Fsp3) is 0.400. The molecule has 110 valence electrons. The first-order valence-electron chi connectivity index (χ1n) is 6.91. The standard InChI is InChI=1S/C15H17BrN4S/c1-5-20-12-9(11-13(20)17-14(21)19-18-11)6-8(7-10(12)16)15(2,3)4/h6-7H,5H2,1-4H3,(H,17,19,21). The summed E-state index contributed by atoms with van der Waals surface area (Å²) >= 11 is 8.83. The van der Waals surface area contributed by atoms with Crippen molar-refractivity contribution in [2.45, 2.75) is 39.7 Å². The molecule has 3 aromatic rings. The van der Waals surface area contributed by atoms with Gasteiger partial charge in [-0.15, -0.1) is 0 Å². The van der Waals surface area contributed by atoms with E-state index in [1.165, 1.54) is 5.56 Å². The first-order chi connectivity index (χ1) is 9.82. The van der Waals surface area contributed by atoms with E-state index in [0.717, 1.165) is 33.1 Å². The molecule has 4 nitrogen and oxygen atoms in total. The lowest BCUT2D eigenvalue weighted by Gasteiger charge is -2.20. The highest BCUT2D eigenvalue weighted by atomic mass is 79.9. The molecule has 0 aliphatic carbocycles. The molecule has 6 heteroatoms. The first-order valence-corrected chi connectivity index (χ1v) is 8.11. The molecule has 0 bridgehead atoms. The SMILES string of the molecule is CCn1c2nc(=S)[nH]nc2c2cc(C(C)(C)C)cc(Br)c21. The minimum Gasteiger partial charge on any atom is -0.323 e. The van der Waals surface area contributed by atoms with Crippen molar-refractivity contribution in [2.75, 3.05) is 0 Å². The van der Waals surface area contributed by atoms with Crippen molar-refractivity contribution in [3.8, 4) is 0 Å². The average Bonchev–Trinajstić information content (AvgIpc) is 2.71. The van der Waals surface area contributed by atoms with Gasteiger partial charge in [0.1, 0.15) is 5.52 Å². The molecule has 0 aliphatic rings. The zero-order chi connectivity index (χ0) is 15.4. The van der Waals surface area contributed by atoms with Crippen LogP contribution in [0.1, 0.15) is 33.3 Å². The summed E-state index contributed by atoms with van der Waals surface area (Å²) in [7, 11) is 0. The van der Waals surface area contributed by atoms with Gasteiger partial charge < -0.3 is 4.57 Å². The normalized spacial score (nSPS) is 12.4. The molecule has 2 aromatic heterocycles. The highest BCUT2D eigenvalue weighted by Gasteiger charge is 2.20. The lowest BCUT2D eigenvalue weighted by atomic mass is 9.86. The lowest BCUT2D eigenvalue weighted by Crippen LogP contribution is -2.11. The van der Waals surface area contributed by atoms with Gasteiger partial charge >= 0.3 is 0 Å². The third-order valence-electron chi connectivity index (χ3n) is 3.71. The molecule has 0 atom stereocenters. The maximum absolute atomic E-state index is 5.12. The van der Waals surface area contributed by atoms with Crippen molar-refractivity contribution in [2.24, 2.45) is 0 Å². The Labute approximate surface area is 136 Å². The molecule has 3 rings (SSSR count). The van der Waals surface area contributed by atoms with E-state index in [0.29, 0.717) is 4.77 Å². The van der Waals surface area contributed by atoms with Crippen molar-refractivity contribution in [3.05, 3.63) is 26.9 Å². The van der Waals surface area contributed by atoms with Gasteiger partial charge in [0.25, 0.3) is 0 Å². The van der Waals surface area contributed by atoms with Crippen LogP contribution in [0, 0.1) is 4.77 Å². The average molecular weight is 365 g/mol. The predicted octanol–water partition coefficient (Wildman–Crippen LogP) is 4.72. The topological polar surface area (TPSA) is 46.5 Å². The molecule has 0 unspecified atom stereocenters. The second kappa shape index (κ2) is 4.88. The second-order valence-corrected chi connectivity index (χ2v) is 7.40. The van der Waals surface area contributed by atoms with E-state index < -0.39 is 0 Å². The summed E-state index contributed by atoms with van der Waals surface area (Å²) in [6.45, 7) is 9.54. The number of rotatable bonds is 1. The molecular formula is C15H17BrN4S. The van der Waals surface area contributed by atoms with Crippen LogP contribution >= 0.6 is 28.1 Å². The molecule has 0 fully saturated rings. The maximum atomic E-state index is 5.12. The zero-order valence-corrected chi connectivity index (χ0v) is 14.9. The van der Waals surface area contributed by atoms with Gasteiger partial charge in [-0.3, -0.25) is 5.10 Å². The monoisotopic (exact) mass is 364 g/mol. The number of fused-ring (bicyclic) bond motifs is 3. The third-order valence-corrected chi connectivity index (χ3v) is 4.50. The highest BCUT2D eigenvalue weighted by Crippen LogP contribution is 2.36. The van der Waals surface area contributed by atoms with Crippen molar-refractivity contribution in [1.82, 2.24) is 19.7 Å². The van der Waals surface area contributed by atoms with Crippen molar-refractivity contribution < 1.29 is 0 Å². The summed E-state index contributed by atoms with van der Waals surface area (Å²) < 4.78 is 3.63. The fourth-order valence-electron chi connectivity index (χ4n) is 2.60. The van der Waals surface area contributed by atoms with Gasteiger partial charge in [0.15, 0.2) is 5.65 Å². The summed E-state index contributed by atoms with van der Waals surface area (Å²) in [6, 6.07) is 4.39. The Morgan fingerprint density at radius 3 is 2.67 bits per heavy atom. The quantitative estimate of drug-likeness (QED) is 0.635. The minimum atomic E-state index is 0.0758. The highest BCUT2D eigenvalue weighted by molar-refractivity contribution is 9.10. The van der Waals surface area contributed by atoms with E-state index in [4.69, 9.17) is 12.2 Å². The van der Waals surface area contributed by atoms with Crippen LogP contribution in [0.5, 0.6) is 0 Å². The maximum Gasteiger partial charge on any atom is 0.215 e. The van der Waals surface area contributed by atoms with E-state index >= 15 is 0 Å². The molecule has 0 radical (unpaired) electrons. The van der Waals surface area contributed by atoms with Crippen LogP contribution in [-0.2, 0) is 12.0 Å². The van der Waals surface area contributed by atoms with E-state index in [2.05, 4.69) is 75.5 Å². The van der Waals surface area contributed by atoms with Gasteiger partial charge in [-0.05, 0) is 58.2 Å². The Morgan fingerprint density at radius 2 is 2.05 bits per heavy atom. The van der Waals surface area contributed by atoms with Crippen LogP contribution in [0.25, 0.3) is 22.1 Å². The number of hydrogen-bond acceptors (Lipinski definition) is 3. The first kappa shape index (κ1) is 14.7. The van der Waals surface area contributed by atoms with Crippen LogP contribution in [0.15, 0.2) is 16.6 Å². The van der Waals surface area contributed by atoms with Gasteiger partial charge in [0.05, 0.1) is 5.52 Å². The van der Waals surface area contributed by atoms with Crippen LogP contribution < -0.4 is 0 Å². The van der Waals surface area contributed by atoms with Crippen LogP contribution in [0.3, 0.4) is 0 Å². The van der Waals surface area contributed by atoms with Gasteiger partial charge in [0, 0.05) is 16.4 Å². The molecule has 21 heavy (non-hydrogen) atoms. The van der Waals surface area contributed by atoms with Crippen molar-refractivity contribution in [3.63, 3.8) is 0 Å². The van der Waals surface area contributed by atoms with Gasteiger partial charge in [0.2, 0.25) is 4.77 Å². The number of aromatic amines is 1. The molecule has 2 heterocycles. The summed E-state index contributed by atoms with van der Waals surface area (Å²) in [4.78, 5) is 4.46. The smallest absolute Gasteiger partial charge is 0.215 e. The molecule has 0 aliphatic heterocycles. The lowest BCUT2D eigenvalue weighted by molar-refractivity contribution is 0.590. The Hall–Kier alpha value is -1.27. The molecular weight excluding hydrogens is 348 g/mol. The number of aromatic nitrogens is 4. The van der Waals surface area contributed by atoms with Crippen molar-refractivity contribution >= 4 is 50.2 Å². The second-order valence-electron chi connectivity index (χ2n) is 6.16. The number of aryl methyl sites for hydroxylation is 1. The summed E-state index contributed by atoms with van der Waals surface area (Å²) in [5.41, 5.74) is 4.16. The van der Waals surface area contributed by atoms with E-state index in [-0.39, 0.29) is 5.41 Å². The minimum absolute atomic E-state index is 0.0758. The van der Waals surface area contributed by atoms with Crippen LogP contribution in [0.2, 0.25) is 0 Å². The Morgan fingerprint density at radius 1 is 1.33 bits per heavy atom. The number of halogens is 1. The molecule has 1 N–H and O–H groups in total. The number of hydrogen-bond donors (Lipinski definition) is 1. The van der Waals surface area contributed by atoms with Crippen molar-refractivity contribution in [1.29, 1.82) is 0 Å². The van der Waals surface area contributed by atoms with E-state index in [9.17, 15) is 0 Å². The van der Waals surface area contributed by atoms with E-state index in [1.807, 2.05) is 0 Å². The molecule has 0 amide bonds. The van der Waals surface area contributed by atoms with Gasteiger partial charge in [-0.2, -0.15) is 10.1 Å². The predicted molar refractivity (Wildman–Crippen MR) is 92.3 cm³/mol. The third kappa shape index (κ3) is 2.30. The molecule has 0 saturated carbocycles. The number of nitrogens with zero attached hydrogens (tertiary/aromatic N) is 3. The Balaban J connectivity index is 2.54. The summed E-state index contributed by atoms with van der Waals surface area (Å²) in [5, 5.41) is 8.32. The molecule has 0 spiro atoms. The Bertz CT molecular complexity index is 902. The molecule has 1 aromatic carbocycles. The summed E-state index contributed by atoms with van der Waals surface area (Å²) in [5.74, 6) is 0. The fourth-order valence-corrected chi connectivity index (χ4v) is 3.40. The Kier molecular flexibility index (Phi) is 3.41. The number of benzene rings is 1. The van der Waals surface area contributed by atoms with Crippen LogP contribution in [-0.4, -0.2) is 19.7 Å². The summed E-state index contributed by atoms with van der Waals surface area (Å²) in [6.07, 6.45) is 0. The largest absolute Gasteiger partial charge is 0.323 e. The number of H-pyrrole nitrogens is 1. The van der Waals surface area contributed by atoms with E-state index in [1.54, 1.807) is 0 Å². The van der Waals surface area contributed by atoms with Gasteiger partial charge in [-0.25, -0.2) is 0 Å². The number of nitrogens with one attached hydrogen (secondary N) is 1. The molecule has 0 saturated heterocycles. The van der Waals surface area contributed by atoms with Gasteiger partial charge in [-0.1, -0.05) is 20.8 Å².